The molecule has 2 N–H and O–H groups in total. The Balaban J connectivity index is 1.86. The zero-order valence-electron chi connectivity index (χ0n) is 13.9. The molecule has 122 valence electrons. The second-order valence-corrected chi connectivity index (χ2v) is 5.30. The van der Waals surface area contributed by atoms with E-state index < -0.39 is 0 Å². The molecule has 0 radical (unpaired) electrons. The van der Waals surface area contributed by atoms with E-state index in [9.17, 15) is 4.79 Å². The quantitative estimate of drug-likeness (QED) is 0.826. The van der Waals surface area contributed by atoms with Crippen LogP contribution in [0.4, 0.5) is 10.5 Å². The molecule has 0 heterocycles. The number of urea groups is 1. The molecule has 2 amide bonds. The number of methoxy groups -OCH3 is 1. The second kappa shape index (κ2) is 7.54. The first-order chi connectivity index (χ1) is 11.0. The van der Waals surface area contributed by atoms with Crippen LogP contribution in [0.2, 0.25) is 0 Å². The molecule has 2 aromatic carbocycles. The van der Waals surface area contributed by atoms with Gasteiger partial charge in [0.1, 0.15) is 11.5 Å². The van der Waals surface area contributed by atoms with Crippen molar-refractivity contribution in [2.24, 2.45) is 0 Å². The molecule has 2 aromatic rings. The van der Waals surface area contributed by atoms with Crippen LogP contribution >= 0.6 is 0 Å². The van der Waals surface area contributed by atoms with Crippen molar-refractivity contribution < 1.29 is 14.3 Å². The topological polar surface area (TPSA) is 59.6 Å². The van der Waals surface area contributed by atoms with E-state index in [1.54, 1.807) is 31.4 Å². The number of aryl methyl sites for hydroxylation is 2. The van der Waals surface area contributed by atoms with Crippen molar-refractivity contribution >= 4 is 11.7 Å². The number of nitrogens with one attached hydrogen (secondary N) is 2. The van der Waals surface area contributed by atoms with Crippen LogP contribution in [0.1, 0.15) is 16.7 Å². The molecule has 23 heavy (non-hydrogen) atoms. The summed E-state index contributed by atoms with van der Waals surface area (Å²) >= 11 is 0. The van der Waals surface area contributed by atoms with Crippen LogP contribution in [-0.4, -0.2) is 19.9 Å². The number of hydrogen-bond donors (Lipinski definition) is 2. The molecule has 5 heteroatoms. The highest BCUT2D eigenvalue weighted by Gasteiger charge is 2.07. The predicted molar refractivity (Wildman–Crippen MR) is 91.3 cm³/mol. The van der Waals surface area contributed by atoms with Gasteiger partial charge in [0.2, 0.25) is 0 Å². The Morgan fingerprint density at radius 1 is 1.00 bits per heavy atom. The van der Waals surface area contributed by atoms with Crippen LogP contribution in [0.25, 0.3) is 0 Å². The zero-order chi connectivity index (χ0) is 16.8. The Labute approximate surface area is 136 Å². The molecule has 5 nitrogen and oxygen atoms in total. The number of ether oxygens (including phenoxy) is 2. The summed E-state index contributed by atoms with van der Waals surface area (Å²) < 4.78 is 10.8. The van der Waals surface area contributed by atoms with Crippen molar-refractivity contribution in [3.8, 4) is 11.5 Å². The molecule has 0 aliphatic carbocycles. The number of anilines is 1. The van der Waals surface area contributed by atoms with Gasteiger partial charge in [-0.1, -0.05) is 12.1 Å². The lowest BCUT2D eigenvalue weighted by atomic mass is 10.1. The van der Waals surface area contributed by atoms with Crippen molar-refractivity contribution in [3.63, 3.8) is 0 Å². The minimum atomic E-state index is -0.321. The van der Waals surface area contributed by atoms with Gasteiger partial charge in [-0.25, -0.2) is 4.79 Å². The smallest absolute Gasteiger partial charge is 0.321 e. The van der Waals surface area contributed by atoms with Crippen LogP contribution < -0.4 is 20.1 Å². The van der Waals surface area contributed by atoms with Crippen LogP contribution in [0.15, 0.2) is 36.4 Å². The first-order valence-corrected chi connectivity index (χ1v) is 7.39. The number of rotatable bonds is 5. The maximum absolute atomic E-state index is 11.9. The van der Waals surface area contributed by atoms with E-state index in [1.165, 1.54) is 0 Å². The molecule has 2 rings (SSSR count). The minimum absolute atomic E-state index is 0.104. The molecule has 0 spiro atoms. The molecule has 0 saturated carbocycles. The molecular weight excluding hydrogens is 292 g/mol. The molecule has 0 atom stereocenters. The fraction of sp³-hybridized carbons (Fsp3) is 0.278. The third-order valence-corrected chi connectivity index (χ3v) is 3.67. The fourth-order valence-corrected chi connectivity index (χ4v) is 2.17. The van der Waals surface area contributed by atoms with Gasteiger partial charge >= 0.3 is 6.03 Å². The first-order valence-electron chi connectivity index (χ1n) is 7.39. The summed E-state index contributed by atoms with van der Waals surface area (Å²) in [5, 5.41) is 5.41. The molecule has 0 bridgehead atoms. The van der Waals surface area contributed by atoms with E-state index in [0.717, 1.165) is 28.2 Å². The summed E-state index contributed by atoms with van der Waals surface area (Å²) in [5.41, 5.74) is 3.98. The van der Waals surface area contributed by atoms with Gasteiger partial charge in [0.05, 0.1) is 7.11 Å². The van der Waals surface area contributed by atoms with Gasteiger partial charge in [0, 0.05) is 5.69 Å². The normalized spacial score (nSPS) is 10.1. The number of amides is 2. The van der Waals surface area contributed by atoms with Crippen molar-refractivity contribution in [1.29, 1.82) is 0 Å². The van der Waals surface area contributed by atoms with E-state index in [2.05, 4.69) is 16.7 Å². The predicted octanol–water partition coefficient (Wildman–Crippen LogP) is 3.78. The lowest BCUT2D eigenvalue weighted by molar-refractivity contribution is 0.234. The summed E-state index contributed by atoms with van der Waals surface area (Å²) in [5.74, 6) is 1.56. The van der Waals surface area contributed by atoms with Crippen molar-refractivity contribution in [3.05, 3.63) is 53.1 Å². The average molecular weight is 314 g/mol. The van der Waals surface area contributed by atoms with E-state index in [1.807, 2.05) is 26.8 Å². The average Bonchev–Trinajstić information content (AvgIpc) is 2.55. The number of carbonyl (C=O) groups is 1. The summed E-state index contributed by atoms with van der Waals surface area (Å²) in [6, 6.07) is 10.9. The molecule has 0 aromatic heterocycles. The first kappa shape index (κ1) is 16.7. The minimum Gasteiger partial charge on any atom is -0.497 e. The molecular formula is C18H22N2O3. The van der Waals surface area contributed by atoms with Crippen LogP contribution in [0.5, 0.6) is 11.5 Å². The maximum Gasteiger partial charge on any atom is 0.321 e. The zero-order valence-corrected chi connectivity index (χ0v) is 13.9. The largest absolute Gasteiger partial charge is 0.497 e. The van der Waals surface area contributed by atoms with Gasteiger partial charge in [-0.3, -0.25) is 0 Å². The number of hydrogen-bond acceptors (Lipinski definition) is 3. The summed E-state index contributed by atoms with van der Waals surface area (Å²) in [6.45, 7) is 6.13. The van der Waals surface area contributed by atoms with Gasteiger partial charge in [0.15, 0.2) is 6.73 Å². The van der Waals surface area contributed by atoms with E-state index in [4.69, 9.17) is 9.47 Å². The third-order valence-electron chi connectivity index (χ3n) is 3.67. The molecule has 0 aliphatic heterocycles. The monoisotopic (exact) mass is 314 g/mol. The second-order valence-electron chi connectivity index (χ2n) is 5.30. The standard InChI is InChI=1S/C18H22N2O3/c1-12-5-6-13(2)17(14(12)3)23-11-19-18(21)20-15-7-9-16(22-4)10-8-15/h5-10H,11H2,1-4H3,(H2,19,20,21). The SMILES string of the molecule is COc1ccc(NC(=O)NCOc2c(C)ccc(C)c2C)cc1. The van der Waals surface area contributed by atoms with E-state index in [-0.39, 0.29) is 12.8 Å². The highest BCUT2D eigenvalue weighted by atomic mass is 16.5. The Kier molecular flexibility index (Phi) is 5.46. The summed E-state index contributed by atoms with van der Waals surface area (Å²) in [6.07, 6.45) is 0. The van der Waals surface area contributed by atoms with Gasteiger partial charge in [0.25, 0.3) is 0 Å². The lowest BCUT2D eigenvalue weighted by Gasteiger charge is -2.14. The van der Waals surface area contributed by atoms with Crippen molar-refractivity contribution in [1.82, 2.24) is 5.32 Å². The van der Waals surface area contributed by atoms with E-state index in [0.29, 0.717) is 5.69 Å². The van der Waals surface area contributed by atoms with Gasteiger partial charge in [-0.05, 0) is 61.7 Å². The number of carbonyl (C=O) groups excluding carboxylic acids is 1. The molecule has 0 fully saturated rings. The van der Waals surface area contributed by atoms with Gasteiger partial charge in [-0.15, -0.1) is 0 Å². The summed E-state index contributed by atoms with van der Waals surface area (Å²) in [4.78, 5) is 11.9. The molecule has 0 unspecified atom stereocenters. The lowest BCUT2D eigenvalue weighted by Crippen LogP contribution is -2.32. The summed E-state index contributed by atoms with van der Waals surface area (Å²) in [7, 11) is 1.60. The van der Waals surface area contributed by atoms with Crippen LogP contribution in [0.3, 0.4) is 0 Å². The van der Waals surface area contributed by atoms with Gasteiger partial charge < -0.3 is 20.1 Å². The van der Waals surface area contributed by atoms with Crippen molar-refractivity contribution in [2.45, 2.75) is 20.8 Å². The fourth-order valence-electron chi connectivity index (χ4n) is 2.17. The van der Waals surface area contributed by atoms with Gasteiger partial charge in [-0.2, -0.15) is 0 Å². The highest BCUT2D eigenvalue weighted by molar-refractivity contribution is 5.89. The van der Waals surface area contributed by atoms with Crippen LogP contribution in [0, 0.1) is 20.8 Å². The van der Waals surface area contributed by atoms with E-state index >= 15 is 0 Å². The van der Waals surface area contributed by atoms with Crippen LogP contribution in [-0.2, 0) is 0 Å². The maximum atomic E-state index is 11.9. The Hall–Kier alpha value is -2.69. The molecule has 0 saturated heterocycles. The van der Waals surface area contributed by atoms with Crippen molar-refractivity contribution in [2.75, 3.05) is 19.2 Å². The third kappa shape index (κ3) is 4.39. The number of benzene rings is 2. The Morgan fingerprint density at radius 3 is 2.30 bits per heavy atom. The molecule has 0 aliphatic rings. The Morgan fingerprint density at radius 2 is 1.65 bits per heavy atom. The highest BCUT2D eigenvalue weighted by Crippen LogP contribution is 2.25. The Bertz CT molecular complexity index is 681.